The topological polar surface area (TPSA) is 66.5 Å². The Bertz CT molecular complexity index is 911. The lowest BCUT2D eigenvalue weighted by Gasteiger charge is -2.29. The Morgan fingerprint density at radius 3 is 2.37 bits per heavy atom. The van der Waals surface area contributed by atoms with Crippen LogP contribution in [-0.4, -0.2) is 33.2 Å². The van der Waals surface area contributed by atoms with Crippen molar-refractivity contribution in [3.63, 3.8) is 0 Å². The Morgan fingerprint density at radius 2 is 1.78 bits per heavy atom. The number of benzene rings is 2. The van der Waals surface area contributed by atoms with Gasteiger partial charge in [-0.3, -0.25) is 9.10 Å². The number of rotatable bonds is 7. The fraction of sp³-hybridized carbons (Fsp3) is 0.350. The Labute approximate surface area is 160 Å². The molecule has 2 aromatic carbocycles. The number of nitrogens with one attached hydrogen (secondary N) is 1. The van der Waals surface area contributed by atoms with Gasteiger partial charge >= 0.3 is 0 Å². The molecule has 0 aliphatic carbocycles. The van der Waals surface area contributed by atoms with Crippen LogP contribution in [0, 0.1) is 19.7 Å². The summed E-state index contributed by atoms with van der Waals surface area (Å²) in [5, 5.41) is 2.76. The Kier molecular flexibility index (Phi) is 6.59. The number of halogens is 1. The van der Waals surface area contributed by atoms with Gasteiger partial charge in [-0.15, -0.1) is 0 Å². The number of sulfonamides is 1. The molecule has 0 aliphatic heterocycles. The van der Waals surface area contributed by atoms with Gasteiger partial charge in [0.15, 0.2) is 0 Å². The van der Waals surface area contributed by atoms with Crippen molar-refractivity contribution in [3.8, 4) is 0 Å². The van der Waals surface area contributed by atoms with E-state index in [1.165, 1.54) is 12.1 Å². The van der Waals surface area contributed by atoms with E-state index < -0.39 is 16.1 Å². The molecule has 0 unspecified atom stereocenters. The molecule has 0 fully saturated rings. The second-order valence-corrected chi connectivity index (χ2v) is 8.55. The zero-order valence-corrected chi connectivity index (χ0v) is 16.8. The molecule has 0 heterocycles. The van der Waals surface area contributed by atoms with Gasteiger partial charge in [-0.25, -0.2) is 12.8 Å². The average Bonchev–Trinajstić information content (AvgIpc) is 2.58. The SMILES string of the molecule is Cc1ccc(C)c(N([C@@H](C)C(=O)NCCc2ccc(F)cc2)S(C)(=O)=O)c1. The van der Waals surface area contributed by atoms with E-state index in [0.29, 0.717) is 18.7 Å². The fourth-order valence-electron chi connectivity index (χ4n) is 2.87. The molecule has 5 nitrogen and oxygen atoms in total. The molecule has 0 aliphatic rings. The smallest absolute Gasteiger partial charge is 0.243 e. The molecule has 1 amide bonds. The summed E-state index contributed by atoms with van der Waals surface area (Å²) in [6.07, 6.45) is 1.62. The Morgan fingerprint density at radius 1 is 1.15 bits per heavy atom. The van der Waals surface area contributed by atoms with Crippen LogP contribution in [0.5, 0.6) is 0 Å². The van der Waals surface area contributed by atoms with E-state index in [0.717, 1.165) is 27.3 Å². The second kappa shape index (κ2) is 8.52. The summed E-state index contributed by atoms with van der Waals surface area (Å²) < 4.78 is 38.8. The van der Waals surface area contributed by atoms with Crippen LogP contribution in [0.2, 0.25) is 0 Å². The minimum absolute atomic E-state index is 0.311. The van der Waals surface area contributed by atoms with Crippen LogP contribution < -0.4 is 9.62 Å². The van der Waals surface area contributed by atoms with E-state index >= 15 is 0 Å². The van der Waals surface area contributed by atoms with Crippen LogP contribution in [-0.2, 0) is 21.2 Å². The summed E-state index contributed by atoms with van der Waals surface area (Å²) in [6.45, 7) is 5.58. The number of anilines is 1. The van der Waals surface area contributed by atoms with Crippen LogP contribution in [0.25, 0.3) is 0 Å². The van der Waals surface area contributed by atoms with Gasteiger partial charge in [0.1, 0.15) is 11.9 Å². The standard InChI is InChI=1S/C20H25FN2O3S/c1-14-5-6-15(2)19(13-14)23(27(4,25)26)16(3)20(24)22-12-11-17-7-9-18(21)10-8-17/h5-10,13,16H,11-12H2,1-4H3,(H,22,24)/t16-/m0/s1. The number of nitrogens with zero attached hydrogens (tertiary/aromatic N) is 1. The molecule has 0 aromatic heterocycles. The molecule has 7 heteroatoms. The summed E-state index contributed by atoms with van der Waals surface area (Å²) in [5.41, 5.74) is 3.07. The molecular weight excluding hydrogens is 367 g/mol. The zero-order chi connectivity index (χ0) is 20.2. The van der Waals surface area contributed by atoms with Crippen LogP contribution >= 0.6 is 0 Å². The number of amides is 1. The normalized spacial score (nSPS) is 12.5. The second-order valence-electron chi connectivity index (χ2n) is 6.69. The van der Waals surface area contributed by atoms with E-state index in [2.05, 4.69) is 5.32 Å². The van der Waals surface area contributed by atoms with Crippen molar-refractivity contribution < 1.29 is 17.6 Å². The maximum absolute atomic E-state index is 12.9. The highest BCUT2D eigenvalue weighted by Gasteiger charge is 2.30. The van der Waals surface area contributed by atoms with E-state index in [-0.39, 0.29) is 11.7 Å². The average molecular weight is 392 g/mol. The van der Waals surface area contributed by atoms with Crippen molar-refractivity contribution in [2.45, 2.75) is 33.2 Å². The number of carbonyl (C=O) groups excluding carboxylic acids is 1. The van der Waals surface area contributed by atoms with Gasteiger partial charge in [0.25, 0.3) is 0 Å². The monoisotopic (exact) mass is 392 g/mol. The molecule has 1 atom stereocenters. The van der Waals surface area contributed by atoms with Gasteiger partial charge in [0, 0.05) is 6.54 Å². The molecule has 146 valence electrons. The first-order valence-electron chi connectivity index (χ1n) is 8.68. The third-order valence-electron chi connectivity index (χ3n) is 4.32. The largest absolute Gasteiger partial charge is 0.354 e. The predicted octanol–water partition coefficient (Wildman–Crippen LogP) is 2.96. The third-order valence-corrected chi connectivity index (χ3v) is 5.54. The predicted molar refractivity (Wildman–Crippen MR) is 106 cm³/mol. The lowest BCUT2D eigenvalue weighted by atomic mass is 10.1. The quantitative estimate of drug-likeness (QED) is 0.788. The molecule has 2 aromatic rings. The van der Waals surface area contributed by atoms with Crippen molar-refractivity contribution in [3.05, 3.63) is 65.0 Å². The molecule has 0 radical (unpaired) electrons. The van der Waals surface area contributed by atoms with Crippen LogP contribution in [0.4, 0.5) is 10.1 Å². The molecular formula is C20H25FN2O3S. The number of aryl methyl sites for hydroxylation is 2. The third kappa shape index (κ3) is 5.53. The van der Waals surface area contributed by atoms with Crippen LogP contribution in [0.1, 0.15) is 23.6 Å². The highest BCUT2D eigenvalue weighted by atomic mass is 32.2. The van der Waals surface area contributed by atoms with Gasteiger partial charge < -0.3 is 5.32 Å². The van der Waals surface area contributed by atoms with Crippen LogP contribution in [0.15, 0.2) is 42.5 Å². The van der Waals surface area contributed by atoms with Gasteiger partial charge in [-0.1, -0.05) is 24.3 Å². The molecule has 0 spiro atoms. The first-order chi connectivity index (χ1) is 12.6. The van der Waals surface area contributed by atoms with Crippen molar-refractivity contribution in [1.29, 1.82) is 0 Å². The number of hydrogen-bond acceptors (Lipinski definition) is 3. The fourth-order valence-corrected chi connectivity index (χ4v) is 4.09. The lowest BCUT2D eigenvalue weighted by molar-refractivity contribution is -0.121. The van der Waals surface area contributed by atoms with E-state index in [4.69, 9.17) is 0 Å². The maximum atomic E-state index is 12.9. The lowest BCUT2D eigenvalue weighted by Crippen LogP contribution is -2.48. The molecule has 0 bridgehead atoms. The zero-order valence-electron chi connectivity index (χ0n) is 16.0. The van der Waals surface area contributed by atoms with Crippen molar-refractivity contribution >= 4 is 21.6 Å². The van der Waals surface area contributed by atoms with E-state index in [1.54, 1.807) is 25.1 Å². The molecule has 0 saturated heterocycles. The summed E-state index contributed by atoms with van der Waals surface area (Å²) in [6, 6.07) is 10.6. The minimum atomic E-state index is -3.65. The first kappa shape index (κ1) is 20.9. The molecule has 27 heavy (non-hydrogen) atoms. The highest BCUT2D eigenvalue weighted by Crippen LogP contribution is 2.26. The van der Waals surface area contributed by atoms with Crippen molar-refractivity contribution in [2.24, 2.45) is 0 Å². The first-order valence-corrected chi connectivity index (χ1v) is 10.5. The van der Waals surface area contributed by atoms with Gasteiger partial charge in [-0.05, 0) is 62.1 Å². The Hall–Kier alpha value is -2.41. The summed E-state index contributed by atoms with van der Waals surface area (Å²) >= 11 is 0. The summed E-state index contributed by atoms with van der Waals surface area (Å²) in [4.78, 5) is 12.6. The molecule has 2 rings (SSSR count). The number of carbonyl (C=O) groups is 1. The van der Waals surface area contributed by atoms with Crippen molar-refractivity contribution in [2.75, 3.05) is 17.1 Å². The Balaban J connectivity index is 2.13. The van der Waals surface area contributed by atoms with Gasteiger partial charge in [-0.2, -0.15) is 0 Å². The van der Waals surface area contributed by atoms with Crippen molar-refractivity contribution in [1.82, 2.24) is 5.32 Å². The van der Waals surface area contributed by atoms with E-state index in [1.807, 2.05) is 26.0 Å². The molecule has 1 N–H and O–H groups in total. The van der Waals surface area contributed by atoms with Crippen LogP contribution in [0.3, 0.4) is 0 Å². The maximum Gasteiger partial charge on any atom is 0.243 e. The van der Waals surface area contributed by atoms with Gasteiger partial charge in [0.05, 0.1) is 11.9 Å². The number of hydrogen-bond donors (Lipinski definition) is 1. The minimum Gasteiger partial charge on any atom is -0.354 e. The molecule has 0 saturated carbocycles. The summed E-state index contributed by atoms with van der Waals surface area (Å²) in [5.74, 6) is -0.697. The van der Waals surface area contributed by atoms with E-state index in [9.17, 15) is 17.6 Å². The van der Waals surface area contributed by atoms with Gasteiger partial charge in [0.2, 0.25) is 15.9 Å². The highest BCUT2D eigenvalue weighted by molar-refractivity contribution is 7.92. The summed E-state index contributed by atoms with van der Waals surface area (Å²) in [7, 11) is -3.65.